The molecule has 0 spiro atoms. The lowest BCUT2D eigenvalue weighted by Gasteiger charge is -2.25. The molecule has 3 nitrogen and oxygen atoms in total. The number of benzene rings is 1. The quantitative estimate of drug-likeness (QED) is 0.800. The fraction of sp³-hybridized carbons (Fsp3) is 0.318. The summed E-state index contributed by atoms with van der Waals surface area (Å²) >= 11 is 0. The highest BCUT2D eigenvalue weighted by Crippen LogP contribution is 2.45. The predicted molar refractivity (Wildman–Crippen MR) is 104 cm³/mol. The number of hydrogen-bond donors (Lipinski definition) is 0. The standard InChI is InChI=1S/C22H25N3/c1-16(13-24(2)3)14-25-15-21(20-10-22(20)25)19-9-18(11-23-12-19)17-7-5-4-6-8-17/h4-12,16H,13-15H2,1-3H3. The van der Waals surface area contributed by atoms with Crippen molar-refractivity contribution in [3.8, 4) is 11.1 Å². The lowest BCUT2D eigenvalue weighted by Crippen LogP contribution is -2.30. The summed E-state index contributed by atoms with van der Waals surface area (Å²) in [6, 6.07) is 12.8. The summed E-state index contributed by atoms with van der Waals surface area (Å²) in [5, 5.41) is 0. The van der Waals surface area contributed by atoms with E-state index >= 15 is 0 Å². The van der Waals surface area contributed by atoms with Crippen LogP contribution in [-0.4, -0.2) is 48.5 Å². The monoisotopic (exact) mass is 331 g/mol. The van der Waals surface area contributed by atoms with Crippen LogP contribution in [-0.2, 0) is 0 Å². The maximum atomic E-state index is 4.50. The molecule has 1 atom stereocenters. The highest BCUT2D eigenvalue weighted by atomic mass is 15.2. The van der Waals surface area contributed by atoms with Crippen molar-refractivity contribution in [3.63, 3.8) is 0 Å². The van der Waals surface area contributed by atoms with Crippen molar-refractivity contribution < 1.29 is 0 Å². The molecule has 0 radical (unpaired) electrons. The van der Waals surface area contributed by atoms with Crippen LogP contribution in [0.3, 0.4) is 0 Å². The molecule has 2 heterocycles. The van der Waals surface area contributed by atoms with Gasteiger partial charge in [-0.15, -0.1) is 0 Å². The Morgan fingerprint density at radius 2 is 1.84 bits per heavy atom. The highest BCUT2D eigenvalue weighted by molar-refractivity contribution is 5.87. The van der Waals surface area contributed by atoms with E-state index in [-0.39, 0.29) is 0 Å². The third kappa shape index (κ3) is 3.38. The van der Waals surface area contributed by atoms with Crippen molar-refractivity contribution >= 4 is 5.57 Å². The molecule has 128 valence electrons. The van der Waals surface area contributed by atoms with Crippen LogP contribution in [0.2, 0.25) is 0 Å². The molecule has 1 aliphatic carbocycles. The Labute approximate surface area is 150 Å². The number of hydrogen-bond acceptors (Lipinski definition) is 3. The van der Waals surface area contributed by atoms with Gasteiger partial charge >= 0.3 is 0 Å². The summed E-state index contributed by atoms with van der Waals surface area (Å²) in [5.41, 5.74) is 7.96. The van der Waals surface area contributed by atoms with Gasteiger partial charge in [0.1, 0.15) is 0 Å². The van der Waals surface area contributed by atoms with Crippen LogP contribution in [0.15, 0.2) is 66.1 Å². The summed E-state index contributed by atoms with van der Waals surface area (Å²) in [4.78, 5) is 9.29. The average molecular weight is 331 g/mol. The molecule has 0 amide bonds. The summed E-state index contributed by atoms with van der Waals surface area (Å²) in [6.45, 7) is 5.58. The van der Waals surface area contributed by atoms with Crippen LogP contribution < -0.4 is 0 Å². The third-order valence-corrected chi connectivity index (χ3v) is 4.89. The Balaban J connectivity index is 1.50. The van der Waals surface area contributed by atoms with Crippen molar-refractivity contribution in [1.29, 1.82) is 0 Å². The summed E-state index contributed by atoms with van der Waals surface area (Å²) in [7, 11) is 4.29. The lowest BCUT2D eigenvalue weighted by molar-refractivity contribution is 0.277. The van der Waals surface area contributed by atoms with E-state index in [1.54, 1.807) is 0 Å². The smallest absolute Gasteiger partial charge is 0.0454 e. The van der Waals surface area contributed by atoms with Gasteiger partial charge in [-0.3, -0.25) is 4.98 Å². The Morgan fingerprint density at radius 3 is 2.60 bits per heavy atom. The third-order valence-electron chi connectivity index (χ3n) is 4.89. The van der Waals surface area contributed by atoms with E-state index in [2.05, 4.69) is 78.3 Å². The van der Waals surface area contributed by atoms with Crippen LogP contribution in [0.4, 0.5) is 0 Å². The van der Waals surface area contributed by atoms with E-state index in [4.69, 9.17) is 0 Å². The minimum atomic E-state index is 0.658. The molecule has 1 aliphatic heterocycles. The van der Waals surface area contributed by atoms with Gasteiger partial charge in [-0.1, -0.05) is 37.3 Å². The van der Waals surface area contributed by atoms with Gasteiger partial charge < -0.3 is 9.80 Å². The van der Waals surface area contributed by atoms with Gasteiger partial charge in [0.2, 0.25) is 0 Å². The van der Waals surface area contributed by atoms with Crippen molar-refractivity contribution in [2.45, 2.75) is 6.92 Å². The minimum Gasteiger partial charge on any atom is -0.366 e. The Hall–Kier alpha value is -2.39. The Morgan fingerprint density at radius 1 is 1.08 bits per heavy atom. The second-order valence-corrected chi connectivity index (χ2v) is 7.50. The molecule has 3 heteroatoms. The zero-order valence-electron chi connectivity index (χ0n) is 15.2. The maximum absolute atomic E-state index is 4.50. The molecule has 25 heavy (non-hydrogen) atoms. The van der Waals surface area contributed by atoms with Gasteiger partial charge in [-0.25, -0.2) is 0 Å². The average Bonchev–Trinajstić information content (AvgIpc) is 3.32. The molecule has 2 aliphatic rings. The van der Waals surface area contributed by atoms with E-state index < -0.39 is 0 Å². The first-order chi connectivity index (χ1) is 12.1. The van der Waals surface area contributed by atoms with Gasteiger partial charge in [0, 0.05) is 48.9 Å². The van der Waals surface area contributed by atoms with Crippen LogP contribution in [0.5, 0.6) is 0 Å². The second kappa shape index (κ2) is 6.49. The SMILES string of the molecule is CC(CN(C)C)CN1CC(c2cncc(-c3ccccc3)c2)=C2C=C21. The first-order valence-corrected chi connectivity index (χ1v) is 8.97. The van der Waals surface area contributed by atoms with Crippen molar-refractivity contribution in [3.05, 3.63) is 71.7 Å². The first kappa shape index (κ1) is 16.1. The summed E-state index contributed by atoms with van der Waals surface area (Å²) in [5.74, 6) is 0.658. The Kier molecular flexibility index (Phi) is 4.18. The molecule has 0 saturated carbocycles. The highest BCUT2D eigenvalue weighted by Gasteiger charge is 2.35. The van der Waals surface area contributed by atoms with E-state index in [0.717, 1.165) is 19.6 Å². The van der Waals surface area contributed by atoms with E-state index in [1.807, 2.05) is 12.4 Å². The predicted octanol–water partition coefficient (Wildman–Crippen LogP) is 3.91. The van der Waals surface area contributed by atoms with Crippen molar-refractivity contribution in [2.75, 3.05) is 33.7 Å². The van der Waals surface area contributed by atoms with Crippen LogP contribution in [0, 0.1) is 5.92 Å². The van der Waals surface area contributed by atoms with Gasteiger partial charge in [0.05, 0.1) is 0 Å². The molecule has 1 aromatic carbocycles. The van der Waals surface area contributed by atoms with Crippen molar-refractivity contribution in [1.82, 2.24) is 14.8 Å². The molecule has 0 fully saturated rings. The fourth-order valence-corrected chi connectivity index (χ4v) is 3.83. The number of aromatic nitrogens is 1. The largest absolute Gasteiger partial charge is 0.366 e. The summed E-state index contributed by atoms with van der Waals surface area (Å²) in [6.07, 6.45) is 6.28. The van der Waals surface area contributed by atoms with E-state index in [9.17, 15) is 0 Å². The van der Waals surface area contributed by atoms with Gasteiger partial charge in [0.25, 0.3) is 0 Å². The van der Waals surface area contributed by atoms with E-state index in [0.29, 0.717) is 5.92 Å². The Bertz CT molecular complexity index is 833. The second-order valence-electron chi connectivity index (χ2n) is 7.50. The van der Waals surface area contributed by atoms with Gasteiger partial charge in [-0.05, 0) is 48.9 Å². The molecular formula is C22H25N3. The number of nitrogens with zero attached hydrogens (tertiary/aromatic N) is 3. The topological polar surface area (TPSA) is 19.4 Å². The van der Waals surface area contributed by atoms with Crippen LogP contribution in [0.25, 0.3) is 16.7 Å². The van der Waals surface area contributed by atoms with Crippen LogP contribution >= 0.6 is 0 Å². The zero-order valence-corrected chi connectivity index (χ0v) is 15.2. The number of pyridine rings is 1. The molecule has 1 unspecified atom stereocenters. The number of fused-ring (bicyclic) bond motifs is 1. The molecule has 0 N–H and O–H groups in total. The molecular weight excluding hydrogens is 306 g/mol. The molecule has 0 saturated heterocycles. The lowest BCUT2D eigenvalue weighted by atomic mass is 10.0. The zero-order chi connectivity index (χ0) is 17.4. The van der Waals surface area contributed by atoms with Crippen LogP contribution in [0.1, 0.15) is 12.5 Å². The summed E-state index contributed by atoms with van der Waals surface area (Å²) < 4.78 is 0. The number of allylic oxidation sites excluding steroid dienone is 2. The van der Waals surface area contributed by atoms with E-state index in [1.165, 1.54) is 33.5 Å². The fourth-order valence-electron chi connectivity index (χ4n) is 3.83. The number of rotatable bonds is 6. The molecule has 4 rings (SSSR count). The van der Waals surface area contributed by atoms with Gasteiger partial charge in [-0.2, -0.15) is 0 Å². The first-order valence-electron chi connectivity index (χ1n) is 8.97. The minimum absolute atomic E-state index is 0.658. The molecule has 2 aromatic rings. The van der Waals surface area contributed by atoms with Gasteiger partial charge in [0.15, 0.2) is 0 Å². The molecule has 0 bridgehead atoms. The van der Waals surface area contributed by atoms with Crippen molar-refractivity contribution in [2.24, 2.45) is 5.92 Å². The normalized spacial score (nSPS) is 17.0. The maximum Gasteiger partial charge on any atom is 0.0454 e. The molecule has 1 aromatic heterocycles.